The average molecular weight is 1290 g/mol. The molecule has 3 aliphatic heterocycles. The van der Waals surface area contributed by atoms with Crippen LogP contribution in [-0.4, -0.2) is 270 Å². The number of nitrogens with one attached hydrogen (secondary N) is 8. The van der Waals surface area contributed by atoms with E-state index in [1.54, 1.807) is 0 Å². The molecule has 516 valence electrons. The minimum absolute atomic E-state index is 0.105. The summed E-state index contributed by atoms with van der Waals surface area (Å²) < 4.78 is 38.8. The van der Waals surface area contributed by atoms with Gasteiger partial charge in [0, 0.05) is 112 Å². The number of ether oxygens (including phenoxy) is 7. The van der Waals surface area contributed by atoms with Gasteiger partial charge >= 0.3 is 0 Å². The summed E-state index contributed by atoms with van der Waals surface area (Å²) in [5, 5.41) is 110. The zero-order valence-electron chi connectivity index (χ0n) is 52.2. The van der Waals surface area contributed by atoms with Crippen molar-refractivity contribution in [3.05, 3.63) is 0 Å². The van der Waals surface area contributed by atoms with Crippen molar-refractivity contribution in [2.24, 2.45) is 0 Å². The van der Waals surface area contributed by atoms with Crippen molar-refractivity contribution < 1.29 is 117 Å². The summed E-state index contributed by atoms with van der Waals surface area (Å²) in [5.74, 6) is -2.08. The minimum atomic E-state index is -1.39. The third kappa shape index (κ3) is 33.3. The van der Waals surface area contributed by atoms with Gasteiger partial charge in [-0.05, 0) is 84.5 Å². The molecule has 0 bridgehead atoms. The number of carbonyl (C=O) groups is 8. The third-order valence-electron chi connectivity index (χ3n) is 14.2. The molecule has 17 N–H and O–H groups in total. The standard InChI is InChI=1S/C31H56N4O14.C26H48N4O10/c1-18(38)34-24-28(44)26(42)20(16-36)48-30(24)46-14-8-3-6-12-32-22(40)10-4-5-11-23(41)33-13-7-9-15-47-31-25(35-19(2)39)29(45)27(43)21(17-37)49-31;1-17(2)38-15-7-12-28-20(33)8-6-9-21(34)29-13-10-22(35)27-11-4-5-14-39-26-23(30-18(3)32)25(37)24(36)19(16-31)40-26/h20-21,24-31,36-37,42-45H,3-17H2,1-2H3,(H,32,40)(H,33,41)(H,34,38)(H,35,39);17,19,23-26,31,36-37H,4-16H2,1-3H3,(H,27,35)(H,28,33)(H,29,34)(H,30,32)/t20?,21?,24?,25?,26-,27-,28+,29+,30+,31+;19?,23?,24-,25+,26+/m00/s1. The Hall–Kier alpha value is -4.88. The first kappa shape index (κ1) is 80.2. The molecule has 3 aliphatic rings. The number of unbranched alkanes of at least 4 members (excludes halogenated alkanes) is 5. The largest absolute Gasteiger partial charge is 0.394 e. The lowest BCUT2D eigenvalue weighted by atomic mass is 9.97. The maximum atomic E-state index is 12.1. The quantitative estimate of drug-likeness (QED) is 0.0255. The van der Waals surface area contributed by atoms with E-state index in [9.17, 15) is 84.3 Å². The lowest BCUT2D eigenvalue weighted by Gasteiger charge is -2.42. The Morgan fingerprint density at radius 2 is 0.652 bits per heavy atom. The molecule has 0 aliphatic carbocycles. The highest BCUT2D eigenvalue weighted by atomic mass is 16.7. The van der Waals surface area contributed by atoms with E-state index in [-0.39, 0.29) is 87.7 Å². The Bertz CT molecular complexity index is 2050. The van der Waals surface area contributed by atoms with Crippen molar-refractivity contribution in [1.29, 1.82) is 0 Å². The molecule has 0 aromatic carbocycles. The van der Waals surface area contributed by atoms with Gasteiger partial charge in [-0.3, -0.25) is 38.4 Å². The smallest absolute Gasteiger partial charge is 0.221 e. The maximum Gasteiger partial charge on any atom is 0.221 e. The lowest BCUT2D eigenvalue weighted by Crippen LogP contribution is -2.64. The fourth-order valence-electron chi connectivity index (χ4n) is 9.34. The second kappa shape index (κ2) is 46.2. The summed E-state index contributed by atoms with van der Waals surface area (Å²) in [7, 11) is 0. The number of hydrogen-bond acceptors (Lipinski definition) is 24. The van der Waals surface area contributed by atoms with Gasteiger partial charge in [0.05, 0.1) is 25.9 Å². The Balaban J connectivity index is 0.000000620. The Morgan fingerprint density at radius 1 is 0.360 bits per heavy atom. The van der Waals surface area contributed by atoms with Crippen molar-refractivity contribution in [3.63, 3.8) is 0 Å². The predicted octanol–water partition coefficient (Wildman–Crippen LogP) is -4.90. The second-order valence-corrected chi connectivity index (χ2v) is 22.2. The van der Waals surface area contributed by atoms with Crippen molar-refractivity contribution in [3.8, 4) is 0 Å². The first-order valence-electron chi connectivity index (χ1n) is 30.9. The number of hydrogen-bond donors (Lipinski definition) is 17. The van der Waals surface area contributed by atoms with E-state index < -0.39 is 129 Å². The second-order valence-electron chi connectivity index (χ2n) is 22.2. The first-order valence-corrected chi connectivity index (χ1v) is 30.9. The van der Waals surface area contributed by atoms with Crippen LogP contribution in [0.3, 0.4) is 0 Å². The van der Waals surface area contributed by atoms with Crippen molar-refractivity contribution >= 4 is 47.3 Å². The van der Waals surface area contributed by atoms with Gasteiger partial charge in [0.1, 0.15) is 73.1 Å². The van der Waals surface area contributed by atoms with Crippen LogP contribution < -0.4 is 42.5 Å². The Labute approximate surface area is 520 Å². The highest BCUT2D eigenvalue weighted by Crippen LogP contribution is 2.25. The van der Waals surface area contributed by atoms with Crippen LogP contribution in [0, 0.1) is 0 Å². The van der Waals surface area contributed by atoms with Crippen LogP contribution in [0.4, 0.5) is 0 Å². The Kier molecular flexibility index (Phi) is 41.7. The van der Waals surface area contributed by atoms with E-state index in [1.165, 1.54) is 20.8 Å². The van der Waals surface area contributed by atoms with Crippen LogP contribution in [0.5, 0.6) is 0 Å². The fourth-order valence-corrected chi connectivity index (χ4v) is 9.34. The number of aliphatic hydroxyl groups is 9. The molecule has 3 fully saturated rings. The molecule has 0 aromatic heterocycles. The minimum Gasteiger partial charge on any atom is -0.394 e. The molecule has 0 spiro atoms. The van der Waals surface area contributed by atoms with Crippen molar-refractivity contribution in [1.82, 2.24) is 42.5 Å². The van der Waals surface area contributed by atoms with Gasteiger partial charge in [0.15, 0.2) is 18.9 Å². The van der Waals surface area contributed by atoms with Crippen LogP contribution in [0.1, 0.15) is 137 Å². The summed E-state index contributed by atoms with van der Waals surface area (Å²) in [6.07, 6.45) is -6.69. The third-order valence-corrected chi connectivity index (χ3v) is 14.2. The number of aliphatic hydroxyl groups excluding tert-OH is 9. The molecule has 0 saturated carbocycles. The monoisotopic (exact) mass is 1280 g/mol. The molecular weight excluding hydrogens is 1180 g/mol. The van der Waals surface area contributed by atoms with E-state index in [4.69, 9.17) is 33.2 Å². The normalized spacial score (nSPS) is 26.6. The van der Waals surface area contributed by atoms with Gasteiger partial charge in [0.2, 0.25) is 47.3 Å². The highest BCUT2D eigenvalue weighted by molar-refractivity contribution is 5.80. The molecule has 0 radical (unpaired) electrons. The predicted molar refractivity (Wildman–Crippen MR) is 314 cm³/mol. The maximum absolute atomic E-state index is 12.1. The van der Waals surface area contributed by atoms with E-state index in [1.807, 2.05) is 13.8 Å². The van der Waals surface area contributed by atoms with Crippen LogP contribution in [0.25, 0.3) is 0 Å². The van der Waals surface area contributed by atoms with Gasteiger partial charge in [-0.2, -0.15) is 0 Å². The number of amides is 8. The number of carbonyl (C=O) groups excluding carboxylic acids is 8. The average Bonchev–Trinajstić information content (AvgIpc) is 1.54. The molecule has 32 nitrogen and oxygen atoms in total. The number of rotatable bonds is 42. The van der Waals surface area contributed by atoms with Gasteiger partial charge in [-0.1, -0.05) is 0 Å². The molecule has 0 aromatic rings. The summed E-state index contributed by atoms with van der Waals surface area (Å²) in [6, 6.07) is -2.99. The molecule has 6 unspecified atom stereocenters. The van der Waals surface area contributed by atoms with Gasteiger partial charge in [-0.15, -0.1) is 0 Å². The molecule has 32 heteroatoms. The van der Waals surface area contributed by atoms with Crippen LogP contribution in [0.15, 0.2) is 0 Å². The van der Waals surface area contributed by atoms with Gasteiger partial charge < -0.3 is 122 Å². The highest BCUT2D eigenvalue weighted by Gasteiger charge is 2.47. The first-order chi connectivity index (χ1) is 42.4. The van der Waals surface area contributed by atoms with E-state index in [2.05, 4.69) is 42.5 Å². The summed E-state index contributed by atoms with van der Waals surface area (Å²) in [4.78, 5) is 94.3. The van der Waals surface area contributed by atoms with E-state index >= 15 is 0 Å². The lowest BCUT2D eigenvalue weighted by molar-refractivity contribution is -0.270. The zero-order chi connectivity index (χ0) is 66.3. The fraction of sp³-hybridized carbons (Fsp3) is 0.860. The molecule has 3 heterocycles. The SMILES string of the molecule is CC(=O)NC1[C@H](OCCCCCNC(=O)CCCCC(=O)NCCCCO[C@@H]2OC(CO)[C@H](O)[C@H](O)C2NC(C)=O)OC(CO)[C@H](O)[C@@H]1O.CC(=O)NC1[C@H](OCCCCNC(=O)CCNC(=O)CCCC(=O)NCCCOC(C)C)OC(CO)[C@H](O)[C@@H]1O. The van der Waals surface area contributed by atoms with Gasteiger partial charge in [-0.25, -0.2) is 0 Å². The van der Waals surface area contributed by atoms with Crippen molar-refractivity contribution in [2.45, 2.75) is 235 Å². The summed E-state index contributed by atoms with van der Waals surface area (Å²) >= 11 is 0. The topological polar surface area (TPSA) is 479 Å². The van der Waals surface area contributed by atoms with E-state index in [0.717, 1.165) is 12.8 Å². The Morgan fingerprint density at radius 3 is 0.978 bits per heavy atom. The molecule has 15 atom stereocenters. The molecule has 89 heavy (non-hydrogen) atoms. The van der Waals surface area contributed by atoms with Gasteiger partial charge in [0.25, 0.3) is 0 Å². The van der Waals surface area contributed by atoms with E-state index in [0.29, 0.717) is 97.0 Å². The molecule has 3 saturated heterocycles. The molecule has 3 rings (SSSR count). The van der Waals surface area contributed by atoms with Crippen LogP contribution >= 0.6 is 0 Å². The molecular formula is C57H104N8O24. The molecule has 8 amide bonds. The van der Waals surface area contributed by atoms with Crippen LogP contribution in [0.2, 0.25) is 0 Å². The van der Waals surface area contributed by atoms with Crippen molar-refractivity contribution in [2.75, 3.05) is 79.0 Å². The summed E-state index contributed by atoms with van der Waals surface area (Å²) in [5.41, 5.74) is 0. The summed E-state index contributed by atoms with van der Waals surface area (Å²) in [6.45, 7) is 9.33. The van der Waals surface area contributed by atoms with Crippen LogP contribution in [-0.2, 0) is 71.5 Å². The zero-order valence-corrected chi connectivity index (χ0v) is 52.2.